The van der Waals surface area contributed by atoms with Crippen molar-refractivity contribution in [2.75, 3.05) is 13.1 Å². The van der Waals surface area contributed by atoms with Crippen molar-refractivity contribution in [2.45, 2.75) is 31.7 Å². The number of halogens is 2. The summed E-state index contributed by atoms with van der Waals surface area (Å²) in [6.45, 7) is 1.27. The van der Waals surface area contributed by atoms with E-state index < -0.39 is 11.6 Å². The van der Waals surface area contributed by atoms with Gasteiger partial charge >= 0.3 is 0 Å². The first-order chi connectivity index (χ1) is 11.1. The maximum absolute atomic E-state index is 13.6. The fourth-order valence-electron chi connectivity index (χ4n) is 2.94. The highest BCUT2D eigenvalue weighted by Crippen LogP contribution is 2.21. The zero-order valence-electron chi connectivity index (χ0n) is 12.7. The lowest BCUT2D eigenvalue weighted by Crippen LogP contribution is -2.41. The number of amides is 1. The van der Waals surface area contributed by atoms with E-state index in [1.807, 2.05) is 0 Å². The fourth-order valence-corrected chi connectivity index (χ4v) is 2.94. The van der Waals surface area contributed by atoms with Gasteiger partial charge in [0.25, 0.3) is 0 Å². The molecule has 0 N–H and O–H groups in total. The Balaban J connectivity index is 1.58. The minimum absolute atomic E-state index is 0.0431. The van der Waals surface area contributed by atoms with E-state index in [0.29, 0.717) is 13.1 Å². The third-order valence-electron chi connectivity index (χ3n) is 4.20. The molecule has 7 heteroatoms. The SMILES string of the molecule is O=C(CCc1cccc(F)c1F)N1CCC[C@@H](n2cncn2)C1. The van der Waals surface area contributed by atoms with Gasteiger partial charge in [0.1, 0.15) is 12.7 Å². The van der Waals surface area contributed by atoms with Crippen LogP contribution < -0.4 is 0 Å². The number of rotatable bonds is 4. The smallest absolute Gasteiger partial charge is 0.222 e. The number of aromatic nitrogens is 3. The molecule has 122 valence electrons. The van der Waals surface area contributed by atoms with Gasteiger partial charge in [-0.25, -0.2) is 18.4 Å². The molecule has 0 radical (unpaired) electrons. The topological polar surface area (TPSA) is 51.0 Å². The van der Waals surface area contributed by atoms with Crippen LogP contribution in [0.25, 0.3) is 0 Å². The minimum atomic E-state index is -0.876. The second kappa shape index (κ2) is 6.85. The summed E-state index contributed by atoms with van der Waals surface area (Å²) in [5.41, 5.74) is 0.239. The van der Waals surface area contributed by atoms with E-state index in [1.165, 1.54) is 18.5 Å². The summed E-state index contributed by atoms with van der Waals surface area (Å²) in [6.07, 6.45) is 5.35. The van der Waals surface area contributed by atoms with Crippen LogP contribution in [0.15, 0.2) is 30.9 Å². The maximum atomic E-state index is 13.6. The van der Waals surface area contributed by atoms with Crippen LogP contribution in [0.2, 0.25) is 0 Å². The van der Waals surface area contributed by atoms with E-state index >= 15 is 0 Å². The van der Waals surface area contributed by atoms with Crippen LogP contribution in [0.1, 0.15) is 30.9 Å². The highest BCUT2D eigenvalue weighted by atomic mass is 19.2. The van der Waals surface area contributed by atoms with Gasteiger partial charge in [-0.15, -0.1) is 0 Å². The zero-order valence-corrected chi connectivity index (χ0v) is 12.7. The summed E-state index contributed by atoms with van der Waals surface area (Å²) >= 11 is 0. The lowest BCUT2D eigenvalue weighted by Gasteiger charge is -2.32. The fraction of sp³-hybridized carbons (Fsp3) is 0.438. The molecule has 1 aromatic heterocycles. The lowest BCUT2D eigenvalue weighted by atomic mass is 10.0. The molecule has 23 heavy (non-hydrogen) atoms. The van der Waals surface area contributed by atoms with Gasteiger partial charge in [-0.05, 0) is 30.9 Å². The molecule has 1 atom stereocenters. The Kier molecular flexibility index (Phi) is 4.64. The molecular weight excluding hydrogens is 302 g/mol. The highest BCUT2D eigenvalue weighted by Gasteiger charge is 2.25. The van der Waals surface area contributed by atoms with Gasteiger partial charge < -0.3 is 4.90 Å². The first-order valence-electron chi connectivity index (χ1n) is 7.70. The van der Waals surface area contributed by atoms with Crippen molar-refractivity contribution in [2.24, 2.45) is 0 Å². The number of aryl methyl sites for hydroxylation is 1. The summed E-state index contributed by atoms with van der Waals surface area (Å²) in [5, 5.41) is 4.12. The molecule has 2 heterocycles. The van der Waals surface area contributed by atoms with Crippen molar-refractivity contribution in [3.05, 3.63) is 48.1 Å². The third-order valence-corrected chi connectivity index (χ3v) is 4.20. The first kappa shape index (κ1) is 15.6. The summed E-state index contributed by atoms with van der Waals surface area (Å²) in [4.78, 5) is 18.1. The number of piperidine rings is 1. The van der Waals surface area contributed by atoms with Gasteiger partial charge in [-0.1, -0.05) is 12.1 Å². The number of hydrogen-bond acceptors (Lipinski definition) is 3. The Hall–Kier alpha value is -2.31. The van der Waals surface area contributed by atoms with E-state index in [2.05, 4.69) is 10.1 Å². The average Bonchev–Trinajstić information content (AvgIpc) is 3.10. The number of likely N-dealkylation sites (tertiary alicyclic amines) is 1. The van der Waals surface area contributed by atoms with Crippen LogP contribution in [0.3, 0.4) is 0 Å². The van der Waals surface area contributed by atoms with Crippen LogP contribution in [0, 0.1) is 11.6 Å². The molecule has 2 aromatic rings. The van der Waals surface area contributed by atoms with Crippen molar-refractivity contribution >= 4 is 5.91 Å². The van der Waals surface area contributed by atoms with Gasteiger partial charge in [0, 0.05) is 19.5 Å². The molecule has 0 spiro atoms. The predicted molar refractivity (Wildman–Crippen MR) is 79.6 cm³/mol. The molecule has 1 amide bonds. The second-order valence-electron chi connectivity index (χ2n) is 5.72. The standard InChI is InChI=1S/C16H18F2N4O/c17-14-5-1-3-12(16(14)18)6-7-15(23)21-8-2-4-13(9-21)22-11-19-10-20-22/h1,3,5,10-11,13H,2,4,6-9H2/t13-/m1/s1. The average molecular weight is 320 g/mol. The number of benzene rings is 1. The van der Waals surface area contributed by atoms with Crippen LogP contribution in [0.4, 0.5) is 8.78 Å². The molecule has 0 bridgehead atoms. The largest absolute Gasteiger partial charge is 0.341 e. The lowest BCUT2D eigenvalue weighted by molar-refractivity contribution is -0.132. The Morgan fingerprint density at radius 2 is 2.22 bits per heavy atom. The maximum Gasteiger partial charge on any atom is 0.222 e. The molecular formula is C16H18F2N4O. The van der Waals surface area contributed by atoms with Crippen LogP contribution in [-0.2, 0) is 11.2 Å². The van der Waals surface area contributed by atoms with E-state index in [4.69, 9.17) is 0 Å². The number of hydrogen-bond donors (Lipinski definition) is 0. The van der Waals surface area contributed by atoms with Gasteiger partial charge in [0.15, 0.2) is 11.6 Å². The molecule has 0 unspecified atom stereocenters. The van der Waals surface area contributed by atoms with Crippen molar-refractivity contribution < 1.29 is 13.6 Å². The van der Waals surface area contributed by atoms with Gasteiger partial charge in [0.2, 0.25) is 5.91 Å². The van der Waals surface area contributed by atoms with Gasteiger partial charge in [-0.2, -0.15) is 5.10 Å². The first-order valence-corrected chi connectivity index (χ1v) is 7.70. The van der Waals surface area contributed by atoms with Crippen molar-refractivity contribution in [3.8, 4) is 0 Å². The number of nitrogens with zero attached hydrogens (tertiary/aromatic N) is 4. The zero-order chi connectivity index (χ0) is 16.2. The number of carbonyl (C=O) groups excluding carboxylic acids is 1. The summed E-state index contributed by atoms with van der Waals surface area (Å²) in [6, 6.07) is 4.18. The Bertz CT molecular complexity index is 675. The van der Waals surface area contributed by atoms with E-state index in [-0.39, 0.29) is 30.4 Å². The Labute approximate surface area is 132 Å². The van der Waals surface area contributed by atoms with Crippen molar-refractivity contribution in [3.63, 3.8) is 0 Å². The third kappa shape index (κ3) is 3.55. The Morgan fingerprint density at radius 1 is 1.35 bits per heavy atom. The molecule has 1 fully saturated rings. The molecule has 3 rings (SSSR count). The van der Waals surface area contributed by atoms with Crippen molar-refractivity contribution in [1.82, 2.24) is 19.7 Å². The van der Waals surface area contributed by atoms with Gasteiger partial charge in [0.05, 0.1) is 6.04 Å². The molecule has 0 aliphatic carbocycles. The summed E-state index contributed by atoms with van der Waals surface area (Å²) in [5.74, 6) is -1.78. The van der Waals surface area contributed by atoms with E-state index in [0.717, 1.165) is 18.9 Å². The van der Waals surface area contributed by atoms with Gasteiger partial charge in [-0.3, -0.25) is 4.79 Å². The second-order valence-corrected chi connectivity index (χ2v) is 5.72. The molecule has 1 saturated heterocycles. The van der Waals surface area contributed by atoms with Crippen LogP contribution in [-0.4, -0.2) is 38.7 Å². The Morgan fingerprint density at radius 3 is 3.00 bits per heavy atom. The molecule has 1 aliphatic rings. The minimum Gasteiger partial charge on any atom is -0.341 e. The van der Waals surface area contributed by atoms with E-state index in [9.17, 15) is 13.6 Å². The van der Waals surface area contributed by atoms with E-state index in [1.54, 1.807) is 15.9 Å². The van der Waals surface area contributed by atoms with Crippen molar-refractivity contribution in [1.29, 1.82) is 0 Å². The molecule has 0 saturated carbocycles. The molecule has 5 nitrogen and oxygen atoms in total. The monoisotopic (exact) mass is 320 g/mol. The van der Waals surface area contributed by atoms with Crippen LogP contribution >= 0.6 is 0 Å². The summed E-state index contributed by atoms with van der Waals surface area (Å²) in [7, 11) is 0. The number of carbonyl (C=O) groups is 1. The van der Waals surface area contributed by atoms with Crippen LogP contribution in [0.5, 0.6) is 0 Å². The molecule has 1 aliphatic heterocycles. The molecule has 1 aromatic carbocycles. The quantitative estimate of drug-likeness (QED) is 0.869. The summed E-state index contributed by atoms with van der Waals surface area (Å²) < 4.78 is 28.6. The highest BCUT2D eigenvalue weighted by molar-refractivity contribution is 5.76. The predicted octanol–water partition coefficient (Wildman–Crippen LogP) is 2.35. The normalized spacial score (nSPS) is 18.2.